The van der Waals surface area contributed by atoms with Crippen LogP contribution in [-0.2, 0) is 0 Å². The van der Waals surface area contributed by atoms with Gasteiger partial charge in [0.05, 0.1) is 5.69 Å². The van der Waals surface area contributed by atoms with E-state index in [2.05, 4.69) is 10.3 Å². The van der Waals surface area contributed by atoms with Crippen LogP contribution in [0.3, 0.4) is 0 Å². The second kappa shape index (κ2) is 5.18. The minimum Gasteiger partial charge on any atom is -0.397 e. The molecule has 0 atom stereocenters. The van der Waals surface area contributed by atoms with E-state index < -0.39 is 0 Å². The summed E-state index contributed by atoms with van der Waals surface area (Å²) in [6.45, 7) is 3.85. The Balaban J connectivity index is 2.03. The van der Waals surface area contributed by atoms with E-state index in [-0.39, 0.29) is 5.91 Å². The second-order valence-electron chi connectivity index (χ2n) is 4.89. The summed E-state index contributed by atoms with van der Waals surface area (Å²) in [5, 5.41) is 3.74. The van der Waals surface area contributed by atoms with Gasteiger partial charge in [-0.2, -0.15) is 0 Å². The number of rotatable bonds is 2. The van der Waals surface area contributed by atoms with E-state index in [0.29, 0.717) is 10.6 Å². The lowest BCUT2D eigenvalue weighted by molar-refractivity contribution is 0.103. The lowest BCUT2D eigenvalue weighted by Crippen LogP contribution is -2.11. The van der Waals surface area contributed by atoms with E-state index in [1.165, 1.54) is 11.3 Å². The molecule has 1 aromatic carbocycles. The predicted octanol–water partition coefficient (Wildman–Crippen LogP) is 3.75. The molecule has 0 bridgehead atoms. The van der Waals surface area contributed by atoms with Crippen molar-refractivity contribution in [1.29, 1.82) is 0 Å². The van der Waals surface area contributed by atoms with E-state index in [1.54, 1.807) is 0 Å². The SMILES string of the molecule is Cc1cc2sc(C(=O)Nc3ccccc3)c(N)c2c(C)n1. The molecule has 0 fully saturated rings. The minimum atomic E-state index is -0.183. The molecule has 106 valence electrons. The van der Waals surface area contributed by atoms with E-state index in [4.69, 9.17) is 5.73 Å². The molecule has 1 amide bonds. The van der Waals surface area contributed by atoms with Crippen molar-refractivity contribution >= 4 is 38.7 Å². The Hall–Kier alpha value is -2.40. The molecule has 0 aliphatic carbocycles. The highest BCUT2D eigenvalue weighted by atomic mass is 32.1. The van der Waals surface area contributed by atoms with Crippen molar-refractivity contribution in [3.05, 3.63) is 52.7 Å². The highest BCUT2D eigenvalue weighted by molar-refractivity contribution is 7.21. The number of nitrogens with two attached hydrogens (primary N) is 1. The van der Waals surface area contributed by atoms with Gasteiger partial charge in [-0.3, -0.25) is 9.78 Å². The fourth-order valence-corrected chi connectivity index (χ4v) is 3.52. The summed E-state index contributed by atoms with van der Waals surface area (Å²) in [4.78, 5) is 17.3. The summed E-state index contributed by atoms with van der Waals surface area (Å²) in [7, 11) is 0. The maximum atomic E-state index is 12.4. The first-order valence-electron chi connectivity index (χ1n) is 6.59. The number of hydrogen-bond acceptors (Lipinski definition) is 4. The number of nitrogens with one attached hydrogen (secondary N) is 1. The fraction of sp³-hybridized carbons (Fsp3) is 0.125. The Morgan fingerprint density at radius 2 is 1.95 bits per heavy atom. The number of amides is 1. The lowest BCUT2D eigenvalue weighted by atomic mass is 10.2. The largest absolute Gasteiger partial charge is 0.397 e. The Morgan fingerprint density at radius 1 is 1.24 bits per heavy atom. The average Bonchev–Trinajstić information content (AvgIpc) is 2.77. The van der Waals surface area contributed by atoms with E-state index in [9.17, 15) is 4.79 Å². The highest BCUT2D eigenvalue weighted by Crippen LogP contribution is 2.35. The molecule has 21 heavy (non-hydrogen) atoms. The molecule has 2 heterocycles. The Kier molecular flexibility index (Phi) is 3.35. The Morgan fingerprint density at radius 3 is 2.67 bits per heavy atom. The fourth-order valence-electron chi connectivity index (χ4n) is 2.36. The maximum Gasteiger partial charge on any atom is 0.267 e. The molecule has 4 nitrogen and oxygen atoms in total. The molecule has 0 radical (unpaired) electrons. The van der Waals surface area contributed by atoms with E-state index in [1.807, 2.05) is 50.2 Å². The molecule has 0 aliphatic heterocycles. The Bertz CT molecular complexity index is 824. The van der Waals surface area contributed by atoms with E-state index in [0.717, 1.165) is 27.2 Å². The third-order valence-electron chi connectivity index (χ3n) is 3.26. The molecule has 2 aromatic heterocycles. The van der Waals surface area contributed by atoms with Gasteiger partial charge in [-0.1, -0.05) is 18.2 Å². The number of thiophene rings is 1. The van der Waals surface area contributed by atoms with Crippen molar-refractivity contribution in [3.63, 3.8) is 0 Å². The molecule has 0 aliphatic rings. The van der Waals surface area contributed by atoms with Crippen LogP contribution < -0.4 is 11.1 Å². The van der Waals surface area contributed by atoms with Crippen LogP contribution in [0.2, 0.25) is 0 Å². The van der Waals surface area contributed by atoms with Crippen molar-refractivity contribution in [1.82, 2.24) is 4.98 Å². The summed E-state index contributed by atoms with van der Waals surface area (Å²) in [5.41, 5.74) is 9.20. The topological polar surface area (TPSA) is 68.0 Å². The van der Waals surface area contributed by atoms with Gasteiger partial charge < -0.3 is 11.1 Å². The number of carbonyl (C=O) groups is 1. The van der Waals surface area contributed by atoms with Gasteiger partial charge in [-0.15, -0.1) is 11.3 Å². The Labute approximate surface area is 126 Å². The molecular formula is C16H15N3OS. The van der Waals surface area contributed by atoms with Crippen LogP contribution in [0.15, 0.2) is 36.4 Å². The third-order valence-corrected chi connectivity index (χ3v) is 4.41. The third kappa shape index (κ3) is 2.48. The second-order valence-corrected chi connectivity index (χ2v) is 5.94. The molecule has 0 spiro atoms. The first-order chi connectivity index (χ1) is 10.1. The first-order valence-corrected chi connectivity index (χ1v) is 7.40. The number of pyridine rings is 1. The summed E-state index contributed by atoms with van der Waals surface area (Å²) in [5.74, 6) is -0.183. The average molecular weight is 297 g/mol. The van der Waals surface area contributed by atoms with Gasteiger partial charge in [0.1, 0.15) is 4.88 Å². The number of carbonyl (C=O) groups excluding carboxylic acids is 1. The molecule has 3 aromatic rings. The normalized spacial score (nSPS) is 10.8. The van der Waals surface area contributed by atoms with Crippen molar-refractivity contribution in [2.24, 2.45) is 0 Å². The molecule has 5 heteroatoms. The van der Waals surface area contributed by atoms with Crippen LogP contribution in [0.25, 0.3) is 10.1 Å². The highest BCUT2D eigenvalue weighted by Gasteiger charge is 2.18. The van der Waals surface area contributed by atoms with Gasteiger partial charge in [-0.25, -0.2) is 0 Å². The predicted molar refractivity (Wildman–Crippen MR) is 87.9 cm³/mol. The van der Waals surface area contributed by atoms with Gasteiger partial charge in [-0.05, 0) is 32.0 Å². The van der Waals surface area contributed by atoms with Crippen molar-refractivity contribution in [2.75, 3.05) is 11.1 Å². The van der Waals surface area contributed by atoms with Crippen LogP contribution in [0.5, 0.6) is 0 Å². The number of benzene rings is 1. The molecule has 0 saturated heterocycles. The van der Waals surface area contributed by atoms with Crippen LogP contribution in [0, 0.1) is 13.8 Å². The van der Waals surface area contributed by atoms with Crippen LogP contribution >= 0.6 is 11.3 Å². The zero-order valence-electron chi connectivity index (χ0n) is 11.8. The number of para-hydroxylation sites is 1. The molecule has 0 saturated carbocycles. The van der Waals surface area contributed by atoms with Gasteiger partial charge in [0.2, 0.25) is 0 Å². The molecule has 0 unspecified atom stereocenters. The number of aromatic nitrogens is 1. The number of hydrogen-bond donors (Lipinski definition) is 2. The number of aryl methyl sites for hydroxylation is 2. The zero-order valence-corrected chi connectivity index (χ0v) is 12.6. The summed E-state index contributed by atoms with van der Waals surface area (Å²) >= 11 is 1.40. The van der Waals surface area contributed by atoms with Gasteiger partial charge in [0, 0.05) is 27.2 Å². The number of anilines is 2. The van der Waals surface area contributed by atoms with Gasteiger partial charge >= 0.3 is 0 Å². The van der Waals surface area contributed by atoms with Crippen LogP contribution in [0.4, 0.5) is 11.4 Å². The maximum absolute atomic E-state index is 12.4. The molecule has 3 rings (SSSR count). The minimum absolute atomic E-state index is 0.183. The van der Waals surface area contributed by atoms with Crippen molar-refractivity contribution in [2.45, 2.75) is 13.8 Å². The summed E-state index contributed by atoms with van der Waals surface area (Å²) < 4.78 is 0.996. The number of nitrogens with zero attached hydrogens (tertiary/aromatic N) is 1. The van der Waals surface area contributed by atoms with Crippen molar-refractivity contribution in [3.8, 4) is 0 Å². The first kappa shape index (κ1) is 13.6. The van der Waals surface area contributed by atoms with Crippen LogP contribution in [-0.4, -0.2) is 10.9 Å². The number of nitrogen functional groups attached to an aromatic ring is 1. The molecular weight excluding hydrogens is 282 g/mol. The smallest absolute Gasteiger partial charge is 0.267 e. The van der Waals surface area contributed by atoms with Crippen molar-refractivity contribution < 1.29 is 4.79 Å². The van der Waals surface area contributed by atoms with Gasteiger partial charge in [0.15, 0.2) is 0 Å². The summed E-state index contributed by atoms with van der Waals surface area (Å²) in [6, 6.07) is 11.3. The standard InChI is InChI=1S/C16H15N3OS/c1-9-8-12-13(10(2)18-9)14(17)15(21-12)16(20)19-11-6-4-3-5-7-11/h3-8H,17H2,1-2H3,(H,19,20). The van der Waals surface area contributed by atoms with E-state index >= 15 is 0 Å². The van der Waals surface area contributed by atoms with Crippen LogP contribution in [0.1, 0.15) is 21.1 Å². The zero-order chi connectivity index (χ0) is 15.0. The summed E-state index contributed by atoms with van der Waals surface area (Å²) in [6.07, 6.45) is 0. The van der Waals surface area contributed by atoms with Gasteiger partial charge in [0.25, 0.3) is 5.91 Å². The quantitative estimate of drug-likeness (QED) is 0.757. The lowest BCUT2D eigenvalue weighted by Gasteiger charge is -2.04. The monoisotopic (exact) mass is 297 g/mol. The molecule has 3 N–H and O–H groups in total. The number of fused-ring (bicyclic) bond motifs is 1.